The third-order valence-corrected chi connectivity index (χ3v) is 5.15. The molecule has 0 atom stereocenters. The summed E-state index contributed by atoms with van der Waals surface area (Å²) < 4.78 is 11.5. The average molecular weight is 264 g/mol. The van der Waals surface area contributed by atoms with E-state index in [2.05, 4.69) is 6.58 Å². The molecule has 0 amide bonds. The third-order valence-electron chi connectivity index (χ3n) is 5.15. The van der Waals surface area contributed by atoms with Crippen LogP contribution in [0.4, 0.5) is 0 Å². The number of ketones is 1. The van der Waals surface area contributed by atoms with Gasteiger partial charge in [0.2, 0.25) is 0 Å². The highest BCUT2D eigenvalue weighted by molar-refractivity contribution is 5.79. The molecule has 2 aliphatic carbocycles. The van der Waals surface area contributed by atoms with Gasteiger partial charge in [-0.05, 0) is 37.5 Å². The van der Waals surface area contributed by atoms with Crippen molar-refractivity contribution in [1.82, 2.24) is 0 Å². The predicted octanol–water partition coefficient (Wildman–Crippen LogP) is 3.24. The van der Waals surface area contributed by atoms with Crippen LogP contribution in [-0.4, -0.2) is 24.8 Å². The smallest absolute Gasteiger partial charge is 0.168 e. The second-order valence-corrected chi connectivity index (χ2v) is 6.27. The van der Waals surface area contributed by atoms with E-state index in [1.165, 1.54) is 5.57 Å². The summed E-state index contributed by atoms with van der Waals surface area (Å²) in [5.74, 6) is 1.34. The van der Waals surface area contributed by atoms with Gasteiger partial charge in [-0.1, -0.05) is 12.2 Å². The first-order valence-electron chi connectivity index (χ1n) is 7.67. The van der Waals surface area contributed by atoms with Gasteiger partial charge in [0.1, 0.15) is 5.78 Å². The summed E-state index contributed by atoms with van der Waals surface area (Å²) in [6.45, 7) is 5.84. The fourth-order valence-corrected chi connectivity index (χ4v) is 3.86. The second kappa shape index (κ2) is 5.37. The molecule has 0 aromatic rings. The van der Waals surface area contributed by atoms with Gasteiger partial charge in [0.15, 0.2) is 5.79 Å². The summed E-state index contributed by atoms with van der Waals surface area (Å²) in [5.41, 5.74) is 1.39. The van der Waals surface area contributed by atoms with Crippen LogP contribution < -0.4 is 0 Å². The topological polar surface area (TPSA) is 35.5 Å². The molecule has 0 aromatic heterocycles. The molecule has 19 heavy (non-hydrogen) atoms. The molecule has 3 rings (SSSR count). The van der Waals surface area contributed by atoms with Crippen LogP contribution in [0.5, 0.6) is 0 Å². The second-order valence-electron chi connectivity index (χ2n) is 6.27. The maximum absolute atomic E-state index is 11.3. The lowest BCUT2D eigenvalue weighted by molar-refractivity contribution is -0.181. The van der Waals surface area contributed by atoms with E-state index in [1.807, 2.05) is 0 Å². The summed E-state index contributed by atoms with van der Waals surface area (Å²) in [6, 6.07) is 0. The minimum absolute atomic E-state index is 0.265. The quantitative estimate of drug-likeness (QED) is 0.718. The predicted molar refractivity (Wildman–Crippen MR) is 72.7 cm³/mol. The van der Waals surface area contributed by atoms with Gasteiger partial charge < -0.3 is 9.47 Å². The molecule has 1 heterocycles. The molecule has 3 aliphatic rings. The monoisotopic (exact) mass is 264 g/mol. The van der Waals surface area contributed by atoms with Crippen LogP contribution in [0.3, 0.4) is 0 Å². The van der Waals surface area contributed by atoms with Crippen molar-refractivity contribution in [3.05, 3.63) is 12.2 Å². The first kappa shape index (κ1) is 13.3. The van der Waals surface area contributed by atoms with Crippen molar-refractivity contribution in [2.45, 2.75) is 57.2 Å². The molecule has 1 saturated heterocycles. The number of rotatable bonds is 2. The largest absolute Gasteiger partial charge is 0.348 e. The standard InChI is InChI=1S/C16H24O3/c1-12(13-2-4-15(17)5-3-13)14-6-8-16(9-7-14)18-10-11-19-16/h13-14H,1-11H2. The minimum atomic E-state index is -0.265. The maximum atomic E-state index is 11.3. The van der Waals surface area contributed by atoms with E-state index in [1.54, 1.807) is 0 Å². The Balaban J connectivity index is 1.53. The molecule has 0 aromatic carbocycles. The molecule has 1 spiro atoms. The fraction of sp³-hybridized carbons (Fsp3) is 0.812. The lowest BCUT2D eigenvalue weighted by Gasteiger charge is -2.38. The molecule has 3 heteroatoms. The van der Waals surface area contributed by atoms with E-state index in [9.17, 15) is 4.79 Å². The minimum Gasteiger partial charge on any atom is -0.348 e. The van der Waals surface area contributed by atoms with Crippen LogP contribution in [0, 0.1) is 11.8 Å². The van der Waals surface area contributed by atoms with Crippen molar-refractivity contribution in [3.8, 4) is 0 Å². The highest BCUT2D eigenvalue weighted by Crippen LogP contribution is 2.43. The number of allylic oxidation sites excluding steroid dienone is 1. The zero-order valence-corrected chi connectivity index (χ0v) is 11.7. The Kier molecular flexibility index (Phi) is 3.77. The Bertz CT molecular complexity index is 348. The van der Waals surface area contributed by atoms with Crippen molar-refractivity contribution in [1.29, 1.82) is 0 Å². The fourth-order valence-electron chi connectivity index (χ4n) is 3.86. The Morgan fingerprint density at radius 1 is 1.00 bits per heavy atom. The van der Waals surface area contributed by atoms with Crippen molar-refractivity contribution >= 4 is 5.78 Å². The molecule has 0 unspecified atom stereocenters. The van der Waals surface area contributed by atoms with E-state index < -0.39 is 0 Å². The van der Waals surface area contributed by atoms with Gasteiger partial charge >= 0.3 is 0 Å². The van der Waals surface area contributed by atoms with E-state index in [4.69, 9.17) is 9.47 Å². The normalized spacial score (nSPS) is 28.9. The Morgan fingerprint density at radius 2 is 1.53 bits per heavy atom. The first-order chi connectivity index (χ1) is 9.19. The summed E-state index contributed by atoms with van der Waals surface area (Å²) in [6.07, 6.45) is 7.81. The van der Waals surface area contributed by atoms with Gasteiger partial charge in [-0.3, -0.25) is 4.79 Å². The van der Waals surface area contributed by atoms with E-state index in [0.29, 0.717) is 17.6 Å². The molecule has 2 saturated carbocycles. The van der Waals surface area contributed by atoms with Crippen LogP contribution in [0.2, 0.25) is 0 Å². The molecule has 106 valence electrons. The van der Waals surface area contributed by atoms with Gasteiger partial charge in [-0.15, -0.1) is 0 Å². The number of hydrogen-bond donors (Lipinski definition) is 0. The Morgan fingerprint density at radius 3 is 2.11 bits per heavy atom. The number of ether oxygens (including phenoxy) is 2. The number of hydrogen-bond acceptors (Lipinski definition) is 3. The first-order valence-corrected chi connectivity index (χ1v) is 7.67. The Labute approximate surface area is 115 Å². The summed E-state index contributed by atoms with van der Waals surface area (Å²) >= 11 is 0. The molecular weight excluding hydrogens is 240 g/mol. The van der Waals surface area contributed by atoms with E-state index in [-0.39, 0.29) is 5.79 Å². The van der Waals surface area contributed by atoms with Crippen LogP contribution in [-0.2, 0) is 14.3 Å². The lowest BCUT2D eigenvalue weighted by atomic mass is 9.73. The van der Waals surface area contributed by atoms with Crippen molar-refractivity contribution in [2.75, 3.05) is 13.2 Å². The number of carbonyl (C=O) groups excluding carboxylic acids is 1. The molecule has 0 N–H and O–H groups in total. The highest BCUT2D eigenvalue weighted by Gasteiger charge is 2.41. The summed E-state index contributed by atoms with van der Waals surface area (Å²) in [5, 5.41) is 0. The van der Waals surface area contributed by atoms with Gasteiger partial charge in [0.05, 0.1) is 13.2 Å². The van der Waals surface area contributed by atoms with Crippen LogP contribution in [0.1, 0.15) is 51.4 Å². The molecule has 3 fully saturated rings. The molecule has 3 nitrogen and oxygen atoms in total. The molecule has 0 bridgehead atoms. The van der Waals surface area contributed by atoms with E-state index in [0.717, 1.165) is 64.6 Å². The highest BCUT2D eigenvalue weighted by atomic mass is 16.7. The lowest BCUT2D eigenvalue weighted by Crippen LogP contribution is -2.36. The Hall–Kier alpha value is -0.670. The van der Waals surface area contributed by atoms with Gasteiger partial charge in [-0.2, -0.15) is 0 Å². The summed E-state index contributed by atoms with van der Waals surface area (Å²) in [4.78, 5) is 11.3. The molecular formula is C16H24O3. The summed E-state index contributed by atoms with van der Waals surface area (Å²) in [7, 11) is 0. The van der Waals surface area contributed by atoms with Gasteiger partial charge in [0, 0.05) is 25.7 Å². The van der Waals surface area contributed by atoms with Crippen LogP contribution in [0.15, 0.2) is 12.2 Å². The van der Waals surface area contributed by atoms with Crippen LogP contribution in [0.25, 0.3) is 0 Å². The van der Waals surface area contributed by atoms with Crippen molar-refractivity contribution in [3.63, 3.8) is 0 Å². The molecule has 1 aliphatic heterocycles. The van der Waals surface area contributed by atoms with Crippen molar-refractivity contribution < 1.29 is 14.3 Å². The van der Waals surface area contributed by atoms with Crippen molar-refractivity contribution in [2.24, 2.45) is 11.8 Å². The average Bonchev–Trinajstić information content (AvgIpc) is 2.88. The number of carbonyl (C=O) groups is 1. The van der Waals surface area contributed by atoms with Gasteiger partial charge in [-0.25, -0.2) is 0 Å². The third kappa shape index (κ3) is 2.77. The zero-order chi connectivity index (χ0) is 13.3. The van der Waals surface area contributed by atoms with Crippen LogP contribution >= 0.6 is 0 Å². The molecule has 0 radical (unpaired) electrons. The van der Waals surface area contributed by atoms with E-state index >= 15 is 0 Å². The maximum Gasteiger partial charge on any atom is 0.168 e. The SMILES string of the molecule is C=C(C1CCC(=O)CC1)C1CCC2(CC1)OCCO2. The number of Topliss-reactive ketones (excluding diaryl/α,β-unsaturated/α-hetero) is 1. The zero-order valence-electron chi connectivity index (χ0n) is 11.7. The van der Waals surface area contributed by atoms with Gasteiger partial charge in [0.25, 0.3) is 0 Å².